The van der Waals surface area contributed by atoms with Gasteiger partial charge in [-0.25, -0.2) is 0 Å². The second-order valence-electron chi connectivity index (χ2n) is 7.65. The summed E-state index contributed by atoms with van der Waals surface area (Å²) in [5.41, 5.74) is 1.76. The van der Waals surface area contributed by atoms with Crippen molar-refractivity contribution in [1.82, 2.24) is 10.2 Å². The van der Waals surface area contributed by atoms with Crippen molar-refractivity contribution in [3.63, 3.8) is 0 Å². The van der Waals surface area contributed by atoms with Crippen molar-refractivity contribution in [3.8, 4) is 5.75 Å². The molecule has 1 heterocycles. The van der Waals surface area contributed by atoms with Gasteiger partial charge in [-0.05, 0) is 47.9 Å². The predicted octanol–water partition coefficient (Wildman–Crippen LogP) is 4.18. The van der Waals surface area contributed by atoms with Crippen molar-refractivity contribution in [2.24, 2.45) is 5.92 Å². The van der Waals surface area contributed by atoms with Gasteiger partial charge in [0.25, 0.3) is 5.91 Å². The molecule has 29 heavy (non-hydrogen) atoms. The van der Waals surface area contributed by atoms with Gasteiger partial charge in [-0.2, -0.15) is 0 Å². The molecule has 2 aromatic rings. The van der Waals surface area contributed by atoms with Crippen LogP contribution in [0.25, 0.3) is 0 Å². The first kappa shape index (κ1) is 21.6. The number of halogens is 1. The van der Waals surface area contributed by atoms with E-state index in [4.69, 9.17) is 21.1 Å². The Kier molecular flexibility index (Phi) is 7.92. The highest BCUT2D eigenvalue weighted by molar-refractivity contribution is 6.30. The van der Waals surface area contributed by atoms with Crippen LogP contribution in [0.2, 0.25) is 5.02 Å². The highest BCUT2D eigenvalue weighted by atomic mass is 35.5. The van der Waals surface area contributed by atoms with Crippen molar-refractivity contribution in [3.05, 3.63) is 64.7 Å². The summed E-state index contributed by atoms with van der Waals surface area (Å²) in [6.07, 6.45) is 0. The van der Waals surface area contributed by atoms with E-state index in [0.717, 1.165) is 24.4 Å². The van der Waals surface area contributed by atoms with E-state index in [1.807, 2.05) is 36.4 Å². The largest absolute Gasteiger partial charge is 0.493 e. The molecule has 2 aromatic carbocycles. The third kappa shape index (κ3) is 6.46. The lowest BCUT2D eigenvalue weighted by Crippen LogP contribution is -2.43. The fraction of sp³-hybridized carbons (Fsp3) is 0.435. The van der Waals surface area contributed by atoms with Crippen molar-refractivity contribution in [2.45, 2.75) is 19.9 Å². The second-order valence-corrected chi connectivity index (χ2v) is 8.09. The maximum absolute atomic E-state index is 12.7. The summed E-state index contributed by atoms with van der Waals surface area (Å²) in [7, 11) is 0. The molecule has 1 saturated heterocycles. The molecule has 1 aliphatic rings. The molecule has 1 atom stereocenters. The third-order valence-electron chi connectivity index (χ3n) is 4.90. The molecule has 156 valence electrons. The van der Waals surface area contributed by atoms with E-state index in [-0.39, 0.29) is 11.9 Å². The zero-order valence-electron chi connectivity index (χ0n) is 17.1. The monoisotopic (exact) mass is 416 g/mol. The number of ether oxygens (including phenoxy) is 2. The van der Waals surface area contributed by atoms with Gasteiger partial charge in [-0.15, -0.1) is 0 Å². The zero-order valence-corrected chi connectivity index (χ0v) is 17.8. The Hall–Kier alpha value is -2.08. The van der Waals surface area contributed by atoms with E-state index < -0.39 is 0 Å². The normalized spacial score (nSPS) is 15.9. The van der Waals surface area contributed by atoms with Crippen LogP contribution in [0.3, 0.4) is 0 Å². The molecule has 6 heteroatoms. The number of benzene rings is 2. The number of carbonyl (C=O) groups excluding carboxylic acids is 1. The predicted molar refractivity (Wildman–Crippen MR) is 116 cm³/mol. The molecule has 5 nitrogen and oxygen atoms in total. The molecule has 1 aliphatic heterocycles. The average molecular weight is 417 g/mol. The summed E-state index contributed by atoms with van der Waals surface area (Å²) in [5.74, 6) is 1.15. The van der Waals surface area contributed by atoms with Gasteiger partial charge >= 0.3 is 0 Å². The molecule has 0 saturated carbocycles. The lowest BCUT2D eigenvalue weighted by Gasteiger charge is -2.35. The van der Waals surface area contributed by atoms with Gasteiger partial charge < -0.3 is 14.8 Å². The second kappa shape index (κ2) is 10.6. The molecule has 0 aliphatic carbocycles. The summed E-state index contributed by atoms with van der Waals surface area (Å²) in [4.78, 5) is 15.0. The van der Waals surface area contributed by atoms with Crippen LogP contribution in [0.15, 0.2) is 48.5 Å². The Morgan fingerprint density at radius 2 is 1.76 bits per heavy atom. The van der Waals surface area contributed by atoms with Gasteiger partial charge in [-0.1, -0.05) is 37.6 Å². The molecule has 0 radical (unpaired) electrons. The first-order valence-corrected chi connectivity index (χ1v) is 10.5. The maximum Gasteiger partial charge on any atom is 0.251 e. The number of hydrogen-bond acceptors (Lipinski definition) is 4. The van der Waals surface area contributed by atoms with E-state index in [2.05, 4.69) is 24.1 Å². The van der Waals surface area contributed by atoms with E-state index in [9.17, 15) is 4.79 Å². The Bertz CT molecular complexity index is 772. The van der Waals surface area contributed by atoms with E-state index in [1.54, 1.807) is 12.1 Å². The number of morpholine rings is 1. The van der Waals surface area contributed by atoms with Crippen LogP contribution in [-0.4, -0.2) is 50.3 Å². The minimum absolute atomic E-state index is 0.0776. The molecule has 1 N–H and O–H groups in total. The number of rotatable bonds is 8. The van der Waals surface area contributed by atoms with Crippen molar-refractivity contribution >= 4 is 17.5 Å². The fourth-order valence-electron chi connectivity index (χ4n) is 3.29. The molecule has 3 rings (SSSR count). The first-order valence-electron chi connectivity index (χ1n) is 10.1. The maximum atomic E-state index is 12.7. The van der Waals surface area contributed by atoms with Gasteiger partial charge in [0.15, 0.2) is 0 Å². The molecule has 0 aromatic heterocycles. The van der Waals surface area contributed by atoms with Gasteiger partial charge in [0.1, 0.15) is 5.75 Å². The molecular formula is C23H29ClN2O3. The minimum Gasteiger partial charge on any atom is -0.493 e. The smallest absolute Gasteiger partial charge is 0.251 e. The highest BCUT2D eigenvalue weighted by Gasteiger charge is 2.23. The lowest BCUT2D eigenvalue weighted by molar-refractivity contribution is 0.0162. The Morgan fingerprint density at radius 1 is 1.10 bits per heavy atom. The van der Waals surface area contributed by atoms with Gasteiger partial charge in [0, 0.05) is 30.2 Å². The molecule has 1 amide bonds. The highest BCUT2D eigenvalue weighted by Crippen LogP contribution is 2.23. The van der Waals surface area contributed by atoms with Crippen LogP contribution in [0.5, 0.6) is 5.75 Å². The van der Waals surface area contributed by atoms with Crippen LogP contribution < -0.4 is 10.1 Å². The minimum atomic E-state index is -0.0902. The van der Waals surface area contributed by atoms with Crippen molar-refractivity contribution in [1.29, 1.82) is 0 Å². The Labute approximate surface area is 177 Å². The number of carbonyl (C=O) groups is 1. The first-order chi connectivity index (χ1) is 14.0. The molecule has 0 spiro atoms. The molecular weight excluding hydrogens is 388 g/mol. The Balaban J connectivity index is 1.63. The molecule has 1 fully saturated rings. The van der Waals surface area contributed by atoms with Crippen molar-refractivity contribution < 1.29 is 14.3 Å². The summed E-state index contributed by atoms with van der Waals surface area (Å²) in [6.45, 7) is 8.47. The van der Waals surface area contributed by atoms with Crippen molar-refractivity contribution in [2.75, 3.05) is 39.5 Å². The van der Waals surface area contributed by atoms with Gasteiger partial charge in [0.05, 0.1) is 25.9 Å². The molecule has 0 bridgehead atoms. The summed E-state index contributed by atoms with van der Waals surface area (Å²) >= 11 is 6.05. The molecule has 0 unspecified atom stereocenters. The average Bonchev–Trinajstić information content (AvgIpc) is 2.74. The van der Waals surface area contributed by atoms with E-state index >= 15 is 0 Å². The lowest BCUT2D eigenvalue weighted by atomic mass is 10.0. The number of nitrogens with zero attached hydrogens (tertiary/aromatic N) is 1. The van der Waals surface area contributed by atoms with Crippen LogP contribution in [0.1, 0.15) is 35.8 Å². The van der Waals surface area contributed by atoms with Gasteiger partial charge in [0.2, 0.25) is 0 Å². The summed E-state index contributed by atoms with van der Waals surface area (Å²) in [6, 6.07) is 15.2. The number of amides is 1. The fourth-order valence-corrected chi connectivity index (χ4v) is 3.41. The van der Waals surface area contributed by atoms with Gasteiger partial charge in [-0.3, -0.25) is 9.69 Å². The summed E-state index contributed by atoms with van der Waals surface area (Å²) < 4.78 is 11.2. The quantitative estimate of drug-likeness (QED) is 0.701. The zero-order chi connectivity index (χ0) is 20.6. The van der Waals surface area contributed by atoms with E-state index in [1.165, 1.54) is 0 Å². The standard InChI is InChI=1S/C23H29ClN2O3/c1-17(2)16-29-21-9-5-19(6-10-21)23(27)25-15-22(26-11-13-28-14-12-26)18-3-7-20(24)8-4-18/h3-10,17,22H,11-16H2,1-2H3,(H,25,27)/t22-/m0/s1. The van der Waals surface area contributed by atoms with Crippen LogP contribution >= 0.6 is 11.6 Å². The topological polar surface area (TPSA) is 50.8 Å². The van der Waals surface area contributed by atoms with Crippen LogP contribution in [0, 0.1) is 5.92 Å². The summed E-state index contributed by atoms with van der Waals surface area (Å²) in [5, 5.41) is 3.79. The third-order valence-corrected chi connectivity index (χ3v) is 5.15. The van der Waals surface area contributed by atoms with Crippen LogP contribution in [0.4, 0.5) is 0 Å². The van der Waals surface area contributed by atoms with E-state index in [0.29, 0.717) is 42.9 Å². The number of hydrogen-bond donors (Lipinski definition) is 1. The SMILES string of the molecule is CC(C)COc1ccc(C(=O)NC[C@@H](c2ccc(Cl)cc2)N2CCOCC2)cc1. The Morgan fingerprint density at radius 3 is 2.38 bits per heavy atom. The van der Waals surface area contributed by atoms with Crippen LogP contribution in [-0.2, 0) is 4.74 Å². The number of nitrogens with one attached hydrogen (secondary N) is 1.